The summed E-state index contributed by atoms with van der Waals surface area (Å²) in [5.74, 6) is -0.367. The van der Waals surface area contributed by atoms with E-state index in [1.807, 2.05) is 25.9 Å². The fraction of sp³-hybridized carbons (Fsp3) is 0.600. The van der Waals surface area contributed by atoms with Gasteiger partial charge in [0.15, 0.2) is 0 Å². The van der Waals surface area contributed by atoms with Gasteiger partial charge in [-0.2, -0.15) is 0 Å². The summed E-state index contributed by atoms with van der Waals surface area (Å²) in [4.78, 5) is 26.2. The van der Waals surface area contributed by atoms with Crippen molar-refractivity contribution in [1.82, 2.24) is 9.47 Å². The Kier molecular flexibility index (Phi) is 5.51. The Morgan fingerprint density at radius 3 is 2.50 bits per heavy atom. The van der Waals surface area contributed by atoms with E-state index in [0.717, 1.165) is 0 Å². The van der Waals surface area contributed by atoms with Crippen molar-refractivity contribution >= 4 is 5.97 Å². The predicted molar refractivity (Wildman–Crippen MR) is 79.3 cm³/mol. The second kappa shape index (κ2) is 6.70. The molecule has 5 heteroatoms. The highest BCUT2D eigenvalue weighted by atomic mass is 16.5. The zero-order valence-electron chi connectivity index (χ0n) is 13.2. The van der Waals surface area contributed by atoms with Gasteiger partial charge in [0.2, 0.25) is 0 Å². The van der Waals surface area contributed by atoms with Crippen LogP contribution >= 0.6 is 0 Å². The number of esters is 1. The number of aryl methyl sites for hydroxylation is 1. The molecule has 20 heavy (non-hydrogen) atoms. The molecule has 112 valence electrons. The molecule has 0 N–H and O–H groups in total. The van der Waals surface area contributed by atoms with Crippen molar-refractivity contribution in [1.29, 1.82) is 0 Å². The van der Waals surface area contributed by atoms with Gasteiger partial charge in [-0.3, -0.25) is 4.79 Å². The van der Waals surface area contributed by atoms with Gasteiger partial charge in [0.05, 0.1) is 12.2 Å². The molecule has 0 bridgehead atoms. The van der Waals surface area contributed by atoms with Gasteiger partial charge in [-0.25, -0.2) is 4.79 Å². The van der Waals surface area contributed by atoms with E-state index in [4.69, 9.17) is 4.74 Å². The van der Waals surface area contributed by atoms with Crippen LogP contribution in [0.2, 0.25) is 0 Å². The fourth-order valence-corrected chi connectivity index (χ4v) is 2.09. The van der Waals surface area contributed by atoms with Crippen LogP contribution in [-0.4, -0.2) is 42.2 Å². The molecule has 1 atom stereocenters. The standard InChI is InChI=1S/C15H24N2O3/c1-7-20-15(19)14-10(2)8-13(18)17(12(14)4)9-11(3)16(5)6/h8,11H,7,9H2,1-6H3. The van der Waals surface area contributed by atoms with Crippen LogP contribution < -0.4 is 5.56 Å². The van der Waals surface area contributed by atoms with E-state index in [1.54, 1.807) is 25.3 Å². The number of hydrogen-bond donors (Lipinski definition) is 0. The predicted octanol–water partition coefficient (Wildman–Crippen LogP) is 1.59. The first kappa shape index (κ1) is 16.4. The van der Waals surface area contributed by atoms with E-state index in [1.165, 1.54) is 6.07 Å². The van der Waals surface area contributed by atoms with Crippen molar-refractivity contribution in [2.75, 3.05) is 20.7 Å². The summed E-state index contributed by atoms with van der Waals surface area (Å²) in [5.41, 5.74) is 1.75. The zero-order valence-corrected chi connectivity index (χ0v) is 13.2. The van der Waals surface area contributed by atoms with Crippen LogP contribution in [0.15, 0.2) is 10.9 Å². The summed E-state index contributed by atoms with van der Waals surface area (Å²) >= 11 is 0. The van der Waals surface area contributed by atoms with Crippen LogP contribution in [0.4, 0.5) is 0 Å². The monoisotopic (exact) mass is 280 g/mol. The molecule has 0 aliphatic rings. The highest BCUT2D eigenvalue weighted by Crippen LogP contribution is 2.13. The Hall–Kier alpha value is -1.62. The third-order valence-corrected chi connectivity index (χ3v) is 3.57. The summed E-state index contributed by atoms with van der Waals surface area (Å²) in [6.07, 6.45) is 0. The molecule has 1 heterocycles. The minimum absolute atomic E-state index is 0.0817. The molecule has 0 radical (unpaired) electrons. The Balaban J connectivity index is 3.29. The molecule has 0 aromatic carbocycles. The van der Waals surface area contributed by atoms with E-state index >= 15 is 0 Å². The van der Waals surface area contributed by atoms with Crippen molar-refractivity contribution in [3.8, 4) is 0 Å². The molecule has 1 rings (SSSR count). The van der Waals surface area contributed by atoms with Crippen LogP contribution in [-0.2, 0) is 11.3 Å². The van der Waals surface area contributed by atoms with E-state index in [9.17, 15) is 9.59 Å². The fourth-order valence-electron chi connectivity index (χ4n) is 2.09. The van der Waals surface area contributed by atoms with Crippen molar-refractivity contribution in [3.63, 3.8) is 0 Å². The topological polar surface area (TPSA) is 51.5 Å². The maximum absolute atomic E-state index is 12.1. The second-order valence-electron chi connectivity index (χ2n) is 5.27. The molecule has 0 amide bonds. The smallest absolute Gasteiger partial charge is 0.340 e. The number of carbonyl (C=O) groups excluding carboxylic acids is 1. The summed E-state index contributed by atoms with van der Waals surface area (Å²) in [6, 6.07) is 1.70. The van der Waals surface area contributed by atoms with Crippen molar-refractivity contribution in [2.45, 2.75) is 40.3 Å². The lowest BCUT2D eigenvalue weighted by atomic mass is 10.1. The molecule has 0 saturated carbocycles. The third kappa shape index (κ3) is 3.48. The van der Waals surface area contributed by atoms with E-state index in [2.05, 4.69) is 0 Å². The van der Waals surface area contributed by atoms with Gasteiger partial charge >= 0.3 is 5.97 Å². The first-order valence-corrected chi connectivity index (χ1v) is 6.84. The van der Waals surface area contributed by atoms with Crippen molar-refractivity contribution in [2.24, 2.45) is 0 Å². The van der Waals surface area contributed by atoms with Crippen LogP contribution in [0.1, 0.15) is 35.5 Å². The third-order valence-electron chi connectivity index (χ3n) is 3.57. The highest BCUT2D eigenvalue weighted by molar-refractivity contribution is 5.92. The lowest BCUT2D eigenvalue weighted by Crippen LogP contribution is -2.35. The number of carbonyl (C=O) groups is 1. The molecule has 1 aromatic rings. The lowest BCUT2D eigenvalue weighted by molar-refractivity contribution is 0.0523. The molecular formula is C15H24N2O3. The van der Waals surface area contributed by atoms with Gasteiger partial charge in [-0.1, -0.05) is 0 Å². The number of pyridine rings is 1. The average molecular weight is 280 g/mol. The summed E-state index contributed by atoms with van der Waals surface area (Å²) in [5, 5.41) is 0. The molecule has 0 fully saturated rings. The largest absolute Gasteiger partial charge is 0.462 e. The molecule has 1 unspecified atom stereocenters. The van der Waals surface area contributed by atoms with Gasteiger partial charge in [0, 0.05) is 24.3 Å². The Morgan fingerprint density at radius 1 is 1.40 bits per heavy atom. The number of nitrogens with zero attached hydrogens (tertiary/aromatic N) is 2. The Morgan fingerprint density at radius 2 is 2.00 bits per heavy atom. The maximum atomic E-state index is 12.1. The number of ether oxygens (including phenoxy) is 1. The van der Waals surface area contributed by atoms with Crippen molar-refractivity contribution in [3.05, 3.63) is 33.2 Å². The van der Waals surface area contributed by atoms with Gasteiger partial charge in [0.1, 0.15) is 0 Å². The van der Waals surface area contributed by atoms with Gasteiger partial charge < -0.3 is 14.2 Å². The number of rotatable bonds is 5. The molecular weight excluding hydrogens is 256 g/mol. The van der Waals surface area contributed by atoms with Gasteiger partial charge in [0.25, 0.3) is 5.56 Å². The normalized spacial score (nSPS) is 12.6. The SMILES string of the molecule is CCOC(=O)c1c(C)cc(=O)n(CC(C)N(C)C)c1C. The molecule has 0 saturated heterocycles. The van der Waals surface area contributed by atoms with E-state index < -0.39 is 0 Å². The highest BCUT2D eigenvalue weighted by Gasteiger charge is 2.19. The molecule has 5 nitrogen and oxygen atoms in total. The lowest BCUT2D eigenvalue weighted by Gasteiger charge is -2.23. The number of hydrogen-bond acceptors (Lipinski definition) is 4. The summed E-state index contributed by atoms with van der Waals surface area (Å²) in [6.45, 7) is 8.24. The molecule has 1 aromatic heterocycles. The van der Waals surface area contributed by atoms with Crippen molar-refractivity contribution < 1.29 is 9.53 Å². The van der Waals surface area contributed by atoms with Crippen LogP contribution in [0.5, 0.6) is 0 Å². The zero-order chi connectivity index (χ0) is 15.4. The first-order valence-electron chi connectivity index (χ1n) is 6.84. The molecule has 0 aliphatic heterocycles. The van der Waals surface area contributed by atoms with Gasteiger partial charge in [-0.15, -0.1) is 0 Å². The molecule has 0 spiro atoms. The summed E-state index contributed by atoms with van der Waals surface area (Å²) < 4.78 is 6.71. The van der Waals surface area contributed by atoms with E-state index in [-0.39, 0.29) is 17.6 Å². The quantitative estimate of drug-likeness (QED) is 0.769. The van der Waals surface area contributed by atoms with Gasteiger partial charge in [-0.05, 0) is 47.4 Å². The minimum Gasteiger partial charge on any atom is -0.462 e. The van der Waals surface area contributed by atoms with Crippen LogP contribution in [0.3, 0.4) is 0 Å². The van der Waals surface area contributed by atoms with E-state index in [0.29, 0.717) is 30.0 Å². The number of likely N-dealkylation sites (N-methyl/N-ethyl adjacent to an activating group) is 1. The minimum atomic E-state index is -0.367. The summed E-state index contributed by atoms with van der Waals surface area (Å²) in [7, 11) is 3.93. The average Bonchev–Trinajstić information content (AvgIpc) is 2.33. The first-order chi connectivity index (χ1) is 9.29. The molecule has 0 aliphatic carbocycles. The van der Waals surface area contributed by atoms with Crippen LogP contribution in [0, 0.1) is 13.8 Å². The Bertz CT molecular complexity index is 547. The Labute approximate surface area is 120 Å². The second-order valence-corrected chi connectivity index (χ2v) is 5.27. The number of aromatic nitrogens is 1. The van der Waals surface area contributed by atoms with Crippen LogP contribution in [0.25, 0.3) is 0 Å². The maximum Gasteiger partial charge on any atom is 0.340 e.